The van der Waals surface area contributed by atoms with E-state index in [1.54, 1.807) is 6.07 Å². The van der Waals surface area contributed by atoms with Crippen LogP contribution in [0.15, 0.2) is 54.2 Å². The lowest BCUT2D eigenvalue weighted by Crippen LogP contribution is -2.05. The number of nitrogens with zero attached hydrogens (tertiary/aromatic N) is 2. The molecule has 0 amide bonds. The number of aryl methyl sites for hydroxylation is 2. The Bertz CT molecular complexity index is 1170. The molecule has 3 nitrogen and oxygen atoms in total. The quantitative estimate of drug-likeness (QED) is 0.415. The summed E-state index contributed by atoms with van der Waals surface area (Å²) in [4.78, 5) is 9.39. The highest BCUT2D eigenvalue weighted by Gasteiger charge is 2.30. The predicted molar refractivity (Wildman–Crippen MR) is 107 cm³/mol. The van der Waals surface area contributed by atoms with Gasteiger partial charge in [0.15, 0.2) is 0 Å². The number of rotatable bonds is 3. The molecule has 0 aliphatic heterocycles. The van der Waals surface area contributed by atoms with Gasteiger partial charge in [-0.05, 0) is 48.7 Å². The van der Waals surface area contributed by atoms with Gasteiger partial charge in [-0.15, -0.1) is 11.3 Å². The molecule has 28 heavy (non-hydrogen) atoms. The minimum atomic E-state index is -4.40. The van der Waals surface area contributed by atoms with Gasteiger partial charge in [0.2, 0.25) is 0 Å². The maximum Gasteiger partial charge on any atom is 0.416 e. The summed E-state index contributed by atoms with van der Waals surface area (Å²) in [5, 5.41) is 5.84. The average molecular weight is 399 g/mol. The SMILES string of the molecule is Cc1ccc(-c2csc3ncnc(Nc4cccc(C(F)(F)F)c4)c23)cc1C. The largest absolute Gasteiger partial charge is 0.416 e. The number of aromatic nitrogens is 2. The third-order valence-electron chi connectivity index (χ3n) is 4.64. The number of benzene rings is 2. The molecule has 2 aromatic carbocycles. The summed E-state index contributed by atoms with van der Waals surface area (Å²) < 4.78 is 39.0. The first kappa shape index (κ1) is 18.4. The van der Waals surface area contributed by atoms with Crippen LogP contribution in [0, 0.1) is 13.8 Å². The zero-order valence-corrected chi connectivity index (χ0v) is 15.9. The van der Waals surface area contributed by atoms with Crippen molar-refractivity contribution in [3.63, 3.8) is 0 Å². The van der Waals surface area contributed by atoms with E-state index in [1.165, 1.54) is 34.9 Å². The van der Waals surface area contributed by atoms with Crippen LogP contribution >= 0.6 is 11.3 Å². The van der Waals surface area contributed by atoms with E-state index in [4.69, 9.17) is 0 Å². The van der Waals surface area contributed by atoms with Gasteiger partial charge in [0, 0.05) is 16.6 Å². The molecule has 4 aromatic rings. The van der Waals surface area contributed by atoms with Gasteiger partial charge in [-0.25, -0.2) is 9.97 Å². The Hall–Kier alpha value is -2.93. The minimum absolute atomic E-state index is 0.326. The molecule has 0 aliphatic rings. The summed E-state index contributed by atoms with van der Waals surface area (Å²) in [6.07, 6.45) is -2.98. The molecule has 7 heteroatoms. The van der Waals surface area contributed by atoms with Gasteiger partial charge in [-0.3, -0.25) is 0 Å². The van der Waals surface area contributed by atoms with Gasteiger partial charge in [0.1, 0.15) is 17.0 Å². The zero-order valence-electron chi connectivity index (χ0n) is 15.1. The average Bonchev–Trinajstić information content (AvgIpc) is 3.09. The van der Waals surface area contributed by atoms with E-state index < -0.39 is 11.7 Å². The lowest BCUT2D eigenvalue weighted by atomic mass is 10.0. The van der Waals surface area contributed by atoms with Crippen LogP contribution in [0.4, 0.5) is 24.7 Å². The van der Waals surface area contributed by atoms with Crippen LogP contribution in [0.5, 0.6) is 0 Å². The van der Waals surface area contributed by atoms with E-state index in [0.29, 0.717) is 11.5 Å². The van der Waals surface area contributed by atoms with Crippen LogP contribution in [-0.2, 0) is 6.18 Å². The Morgan fingerprint density at radius 1 is 0.964 bits per heavy atom. The van der Waals surface area contributed by atoms with Crippen LogP contribution in [0.2, 0.25) is 0 Å². The summed E-state index contributed by atoms with van der Waals surface area (Å²) in [5.74, 6) is 0.485. The molecule has 0 atom stereocenters. The number of hydrogen-bond acceptors (Lipinski definition) is 4. The summed E-state index contributed by atoms with van der Waals surface area (Å²) in [7, 11) is 0. The van der Waals surface area contributed by atoms with Gasteiger partial charge in [0.05, 0.1) is 10.9 Å². The highest BCUT2D eigenvalue weighted by atomic mass is 32.1. The summed E-state index contributed by atoms with van der Waals surface area (Å²) >= 11 is 1.48. The van der Waals surface area contributed by atoms with Crippen molar-refractivity contribution in [3.8, 4) is 11.1 Å². The third-order valence-corrected chi connectivity index (χ3v) is 5.53. The summed E-state index contributed by atoms with van der Waals surface area (Å²) in [6, 6.07) is 11.3. The highest BCUT2D eigenvalue weighted by Crippen LogP contribution is 2.38. The first-order valence-electron chi connectivity index (χ1n) is 8.57. The van der Waals surface area contributed by atoms with Gasteiger partial charge in [-0.1, -0.05) is 24.3 Å². The first-order valence-corrected chi connectivity index (χ1v) is 9.45. The Kier molecular flexibility index (Phi) is 4.55. The van der Waals surface area contributed by atoms with Crippen LogP contribution in [0.25, 0.3) is 21.3 Å². The molecule has 0 spiro atoms. The van der Waals surface area contributed by atoms with E-state index >= 15 is 0 Å². The smallest absolute Gasteiger partial charge is 0.340 e. The standard InChI is InChI=1S/C21H16F3N3S/c1-12-6-7-14(8-13(12)2)17-10-28-20-18(17)19(25-11-26-20)27-16-5-3-4-15(9-16)21(22,23)24/h3-11H,1-2H3,(H,25,26,27). The minimum Gasteiger partial charge on any atom is -0.340 e. The molecule has 0 unspecified atom stereocenters. The maximum atomic E-state index is 13.0. The van der Waals surface area contributed by atoms with Crippen molar-refractivity contribution in [2.75, 3.05) is 5.32 Å². The Labute approximate surface area is 163 Å². The molecule has 0 bridgehead atoms. The van der Waals surface area contributed by atoms with Crippen molar-refractivity contribution in [3.05, 3.63) is 70.9 Å². The normalized spacial score (nSPS) is 11.8. The second kappa shape index (κ2) is 6.91. The topological polar surface area (TPSA) is 37.8 Å². The molecule has 142 valence electrons. The lowest BCUT2D eigenvalue weighted by Gasteiger charge is -2.12. The van der Waals surface area contributed by atoms with Crippen molar-refractivity contribution in [2.24, 2.45) is 0 Å². The maximum absolute atomic E-state index is 13.0. The van der Waals surface area contributed by atoms with E-state index in [9.17, 15) is 13.2 Å². The number of hydrogen-bond donors (Lipinski definition) is 1. The zero-order chi connectivity index (χ0) is 19.9. The fourth-order valence-corrected chi connectivity index (χ4v) is 3.92. The van der Waals surface area contributed by atoms with Crippen molar-refractivity contribution in [2.45, 2.75) is 20.0 Å². The number of thiophene rings is 1. The monoisotopic (exact) mass is 399 g/mol. The number of nitrogens with one attached hydrogen (secondary N) is 1. The molecule has 0 fully saturated rings. The molecule has 0 saturated heterocycles. The van der Waals surface area contributed by atoms with Crippen molar-refractivity contribution < 1.29 is 13.2 Å². The van der Waals surface area contributed by atoms with Crippen molar-refractivity contribution in [1.29, 1.82) is 0 Å². The second-order valence-electron chi connectivity index (χ2n) is 6.55. The highest BCUT2D eigenvalue weighted by molar-refractivity contribution is 7.17. The molecule has 1 N–H and O–H groups in total. The number of alkyl halides is 3. The van der Waals surface area contributed by atoms with E-state index in [0.717, 1.165) is 33.5 Å². The van der Waals surface area contributed by atoms with Gasteiger partial charge in [0.25, 0.3) is 0 Å². The first-order chi connectivity index (χ1) is 13.3. The van der Waals surface area contributed by atoms with Crippen molar-refractivity contribution in [1.82, 2.24) is 9.97 Å². The molecular formula is C21H16F3N3S. The summed E-state index contributed by atoms with van der Waals surface area (Å²) in [5.41, 5.74) is 3.96. The Morgan fingerprint density at radius 2 is 1.79 bits per heavy atom. The molecule has 2 aromatic heterocycles. The number of fused-ring (bicyclic) bond motifs is 1. The molecule has 0 radical (unpaired) electrons. The number of halogens is 3. The predicted octanol–water partition coefficient (Wildman–Crippen LogP) is 6.74. The second-order valence-corrected chi connectivity index (χ2v) is 7.41. The Balaban J connectivity index is 1.80. The third kappa shape index (κ3) is 3.45. The summed E-state index contributed by atoms with van der Waals surface area (Å²) in [6.45, 7) is 4.10. The molecule has 4 rings (SSSR count). The van der Waals surface area contributed by atoms with E-state index in [-0.39, 0.29) is 0 Å². The van der Waals surface area contributed by atoms with Crippen LogP contribution in [-0.4, -0.2) is 9.97 Å². The molecule has 0 saturated carbocycles. The Morgan fingerprint density at radius 3 is 2.54 bits per heavy atom. The van der Waals surface area contributed by atoms with E-state index in [1.807, 2.05) is 18.4 Å². The van der Waals surface area contributed by atoms with E-state index in [2.05, 4.69) is 34.3 Å². The lowest BCUT2D eigenvalue weighted by molar-refractivity contribution is -0.137. The van der Waals surface area contributed by atoms with Crippen LogP contribution < -0.4 is 5.32 Å². The van der Waals surface area contributed by atoms with Gasteiger partial charge in [-0.2, -0.15) is 13.2 Å². The molecule has 2 heterocycles. The van der Waals surface area contributed by atoms with Gasteiger partial charge < -0.3 is 5.32 Å². The number of anilines is 2. The van der Waals surface area contributed by atoms with Gasteiger partial charge >= 0.3 is 6.18 Å². The van der Waals surface area contributed by atoms with Crippen LogP contribution in [0.1, 0.15) is 16.7 Å². The fourth-order valence-electron chi connectivity index (χ4n) is 3.00. The van der Waals surface area contributed by atoms with Crippen LogP contribution in [0.3, 0.4) is 0 Å². The fraction of sp³-hybridized carbons (Fsp3) is 0.143. The molecular weight excluding hydrogens is 383 g/mol. The molecule has 0 aliphatic carbocycles. The van der Waals surface area contributed by atoms with Crippen molar-refractivity contribution >= 4 is 33.1 Å².